The van der Waals surface area contributed by atoms with Crippen LogP contribution in [0, 0.1) is 0 Å². The lowest BCUT2D eigenvalue weighted by Crippen LogP contribution is -2.38. The summed E-state index contributed by atoms with van der Waals surface area (Å²) < 4.78 is 71.6. The number of aliphatic carboxylic acids is 2. The van der Waals surface area contributed by atoms with Gasteiger partial charge in [0.15, 0.2) is 0 Å². The van der Waals surface area contributed by atoms with Crippen molar-refractivity contribution in [2.45, 2.75) is 9.79 Å². The molecule has 4 rings (SSSR count). The van der Waals surface area contributed by atoms with Crippen LogP contribution in [0.4, 0.5) is 11.4 Å². The second-order valence-corrected chi connectivity index (χ2v) is 13.3. The number of carboxylic acid groups (broad SMARTS) is 2. The number of hydrogen-bond donors (Lipinski definition) is 2. The van der Waals surface area contributed by atoms with Crippen LogP contribution >= 0.6 is 0 Å². The molecule has 2 N–H and O–H groups in total. The molecule has 0 fully saturated rings. The zero-order valence-corrected chi connectivity index (χ0v) is 26.5. The van der Waals surface area contributed by atoms with E-state index in [-0.39, 0.29) is 21.2 Å². The molecular formula is C31H28N2O12S2. The summed E-state index contributed by atoms with van der Waals surface area (Å²) in [7, 11) is -6.54. The summed E-state index contributed by atoms with van der Waals surface area (Å²) in [4.78, 5) is 36.8. The molecule has 0 amide bonds. The summed E-state index contributed by atoms with van der Waals surface area (Å²) in [6.07, 6.45) is 0. The molecule has 14 nitrogen and oxygen atoms in total. The van der Waals surface area contributed by atoms with Crippen LogP contribution in [-0.2, 0) is 29.6 Å². The standard InChI is InChI=1S/C31H28N2O12S2/c1-43-22-9-13-25(14-10-22)46(39,40)32(19-29(34)35)21-8-17-28(27(18-21)31(38)45-24-6-4-3-5-7-24)33(20-30(36)37)47(41,42)26-15-11-23(44-2)12-16-26/h3-18H,19-20H2,1-2H3,(H,34,35)(H,36,37). The average Bonchev–Trinajstić information content (AvgIpc) is 3.06. The number of para-hydroxylation sites is 1. The van der Waals surface area contributed by atoms with Crippen LogP contribution < -0.4 is 22.8 Å². The number of methoxy groups -OCH3 is 2. The van der Waals surface area contributed by atoms with E-state index in [0.717, 1.165) is 18.2 Å². The second-order valence-electron chi connectivity index (χ2n) is 9.57. The summed E-state index contributed by atoms with van der Waals surface area (Å²) in [6.45, 7) is -2.24. The van der Waals surface area contributed by atoms with Crippen molar-refractivity contribution < 1.29 is 55.6 Å². The van der Waals surface area contributed by atoms with Gasteiger partial charge in [0.25, 0.3) is 20.0 Å². The first-order chi connectivity index (χ1) is 22.3. The number of nitrogens with zero attached hydrogens (tertiary/aromatic N) is 2. The molecular weight excluding hydrogens is 656 g/mol. The van der Waals surface area contributed by atoms with E-state index in [0.29, 0.717) is 20.1 Å². The third-order valence-electron chi connectivity index (χ3n) is 6.56. The number of esters is 1. The molecule has 0 aromatic heterocycles. The van der Waals surface area contributed by atoms with Crippen LogP contribution in [0.3, 0.4) is 0 Å². The molecule has 0 aliphatic rings. The normalized spacial score (nSPS) is 11.3. The summed E-state index contributed by atoms with van der Waals surface area (Å²) in [6, 6.07) is 20.7. The van der Waals surface area contributed by atoms with Crippen molar-refractivity contribution >= 4 is 49.3 Å². The van der Waals surface area contributed by atoms with Crippen LogP contribution in [-0.4, -0.2) is 72.3 Å². The fourth-order valence-corrected chi connectivity index (χ4v) is 7.16. The Morgan fingerprint density at radius 1 is 0.617 bits per heavy atom. The molecule has 246 valence electrons. The third kappa shape index (κ3) is 7.79. The molecule has 0 aliphatic heterocycles. The van der Waals surface area contributed by atoms with E-state index >= 15 is 0 Å². The molecule has 0 atom stereocenters. The second kappa shape index (κ2) is 14.2. The minimum absolute atomic E-state index is 0.0323. The van der Waals surface area contributed by atoms with Gasteiger partial charge in [-0.05, 0) is 78.9 Å². The minimum atomic E-state index is -4.68. The molecule has 0 aliphatic carbocycles. The topological polar surface area (TPSA) is 194 Å². The van der Waals surface area contributed by atoms with E-state index in [1.165, 1.54) is 74.9 Å². The lowest BCUT2D eigenvalue weighted by atomic mass is 10.1. The largest absolute Gasteiger partial charge is 0.497 e. The van der Waals surface area contributed by atoms with Crippen molar-refractivity contribution in [3.63, 3.8) is 0 Å². The zero-order valence-electron chi connectivity index (χ0n) is 24.8. The van der Waals surface area contributed by atoms with E-state index in [4.69, 9.17) is 14.2 Å². The Morgan fingerprint density at radius 3 is 1.55 bits per heavy atom. The van der Waals surface area contributed by atoms with Gasteiger partial charge in [0, 0.05) is 0 Å². The van der Waals surface area contributed by atoms with Gasteiger partial charge in [-0.15, -0.1) is 0 Å². The number of sulfonamides is 2. The lowest BCUT2D eigenvalue weighted by molar-refractivity contribution is -0.136. The van der Waals surface area contributed by atoms with Gasteiger partial charge >= 0.3 is 17.9 Å². The van der Waals surface area contributed by atoms with E-state index in [9.17, 15) is 41.4 Å². The molecule has 16 heteroatoms. The predicted molar refractivity (Wildman–Crippen MR) is 168 cm³/mol. The Hall–Kier alpha value is -5.61. The first-order valence-electron chi connectivity index (χ1n) is 13.5. The zero-order chi connectivity index (χ0) is 34.4. The van der Waals surface area contributed by atoms with Gasteiger partial charge in [-0.2, -0.15) is 0 Å². The van der Waals surface area contributed by atoms with E-state index in [1.54, 1.807) is 18.2 Å². The summed E-state index contributed by atoms with van der Waals surface area (Å²) in [5.41, 5.74) is -1.42. The molecule has 0 unspecified atom stereocenters. The molecule has 0 spiro atoms. The number of carbonyl (C=O) groups is 3. The summed E-state index contributed by atoms with van der Waals surface area (Å²) in [5, 5.41) is 19.4. The third-order valence-corrected chi connectivity index (χ3v) is 10.1. The van der Waals surface area contributed by atoms with Crippen LogP contribution in [0.25, 0.3) is 0 Å². The Bertz CT molecular complexity index is 1980. The number of benzene rings is 4. The number of anilines is 2. The maximum absolute atomic E-state index is 13.8. The van der Waals surface area contributed by atoms with E-state index < -0.39 is 62.3 Å². The molecule has 0 radical (unpaired) electrons. The van der Waals surface area contributed by atoms with Crippen LogP contribution in [0.1, 0.15) is 10.4 Å². The highest BCUT2D eigenvalue weighted by molar-refractivity contribution is 7.93. The summed E-state index contributed by atoms with van der Waals surface area (Å²) in [5.74, 6) is -3.63. The molecule has 0 bridgehead atoms. The van der Waals surface area contributed by atoms with Crippen molar-refractivity contribution in [2.75, 3.05) is 35.9 Å². The maximum atomic E-state index is 13.8. The number of carboxylic acids is 2. The monoisotopic (exact) mass is 684 g/mol. The van der Waals surface area contributed by atoms with Crippen molar-refractivity contribution in [3.05, 3.63) is 103 Å². The van der Waals surface area contributed by atoms with E-state index in [2.05, 4.69) is 0 Å². The summed E-state index contributed by atoms with van der Waals surface area (Å²) >= 11 is 0. The Kier molecular flexibility index (Phi) is 10.4. The maximum Gasteiger partial charge on any atom is 0.345 e. The molecule has 0 saturated heterocycles. The smallest absolute Gasteiger partial charge is 0.345 e. The Labute approximate surface area is 270 Å². The molecule has 0 heterocycles. The minimum Gasteiger partial charge on any atom is -0.497 e. The van der Waals surface area contributed by atoms with Gasteiger partial charge in [-0.1, -0.05) is 18.2 Å². The molecule has 4 aromatic rings. The van der Waals surface area contributed by atoms with E-state index in [1.807, 2.05) is 0 Å². The Balaban J connectivity index is 1.93. The van der Waals surface area contributed by atoms with Crippen molar-refractivity contribution in [1.29, 1.82) is 0 Å². The van der Waals surface area contributed by atoms with Crippen molar-refractivity contribution in [2.24, 2.45) is 0 Å². The van der Waals surface area contributed by atoms with Gasteiger partial charge < -0.3 is 24.4 Å². The van der Waals surface area contributed by atoms with Crippen molar-refractivity contribution in [1.82, 2.24) is 0 Å². The quantitative estimate of drug-likeness (QED) is 0.145. The van der Waals surface area contributed by atoms with Crippen LogP contribution in [0.2, 0.25) is 0 Å². The van der Waals surface area contributed by atoms with Gasteiger partial charge in [-0.25, -0.2) is 21.6 Å². The average molecular weight is 685 g/mol. The van der Waals surface area contributed by atoms with Gasteiger partial charge in [0.05, 0.1) is 40.9 Å². The molecule has 4 aromatic carbocycles. The highest BCUT2D eigenvalue weighted by atomic mass is 32.2. The predicted octanol–water partition coefficient (Wildman–Crippen LogP) is 3.48. The van der Waals surface area contributed by atoms with Gasteiger partial charge in [0.1, 0.15) is 30.3 Å². The fraction of sp³-hybridized carbons (Fsp3) is 0.129. The number of ether oxygens (including phenoxy) is 3. The fourth-order valence-electron chi connectivity index (χ4n) is 4.32. The number of rotatable bonds is 14. The highest BCUT2D eigenvalue weighted by Gasteiger charge is 2.34. The molecule has 0 saturated carbocycles. The first kappa shape index (κ1) is 34.3. The first-order valence-corrected chi connectivity index (χ1v) is 16.3. The number of hydrogen-bond acceptors (Lipinski definition) is 10. The SMILES string of the molecule is COc1ccc(S(=O)(=O)N(CC(=O)O)c2ccc(N(CC(=O)O)S(=O)(=O)c3ccc(OC)cc3)c(C(=O)Oc3ccccc3)c2)cc1. The van der Waals surface area contributed by atoms with Gasteiger partial charge in [0.2, 0.25) is 0 Å². The van der Waals surface area contributed by atoms with Gasteiger partial charge in [-0.3, -0.25) is 18.2 Å². The number of carbonyl (C=O) groups excluding carboxylic acids is 1. The van der Waals surface area contributed by atoms with Crippen LogP contribution in [0.15, 0.2) is 107 Å². The molecule has 47 heavy (non-hydrogen) atoms. The lowest BCUT2D eigenvalue weighted by Gasteiger charge is -2.27. The Morgan fingerprint density at radius 2 is 1.09 bits per heavy atom. The van der Waals surface area contributed by atoms with Crippen molar-refractivity contribution in [3.8, 4) is 17.2 Å². The highest BCUT2D eigenvalue weighted by Crippen LogP contribution is 2.34. The van der Waals surface area contributed by atoms with Crippen LogP contribution in [0.5, 0.6) is 17.2 Å².